The lowest BCUT2D eigenvalue weighted by molar-refractivity contribution is -0.139. The van der Waals surface area contributed by atoms with Gasteiger partial charge in [0.2, 0.25) is 0 Å². The first-order valence-corrected chi connectivity index (χ1v) is 7.30. The molecule has 1 unspecified atom stereocenters. The number of pyridine rings is 1. The molecule has 0 aliphatic heterocycles. The zero-order valence-corrected chi connectivity index (χ0v) is 13.0. The lowest BCUT2D eigenvalue weighted by atomic mass is 10.0. The first kappa shape index (κ1) is 18.1. The molecule has 24 heavy (non-hydrogen) atoms. The number of alkyl halides is 3. The molecule has 0 radical (unpaired) electrons. The first-order chi connectivity index (χ1) is 11.2. The summed E-state index contributed by atoms with van der Waals surface area (Å²) in [6.07, 6.45) is -5.23. The molecule has 2 aromatic rings. The maximum absolute atomic E-state index is 12.5. The minimum Gasteiger partial charge on any atom is -0.484 e. The summed E-state index contributed by atoms with van der Waals surface area (Å²) >= 11 is 5.66. The second kappa shape index (κ2) is 7.53. The Labute approximate surface area is 140 Å². The third kappa shape index (κ3) is 5.42. The second-order valence-corrected chi connectivity index (χ2v) is 5.39. The predicted molar refractivity (Wildman–Crippen MR) is 81.3 cm³/mol. The standard InChI is InChI=1S/C16H13ClF3NO3/c17-14-6-5-12(9-21-14)24-13(7-8-16(18,19)20)10-1-3-11(4-2-10)15(22)23/h1-6,9,13H,7-8H2,(H,22,23). The Morgan fingerprint density at radius 1 is 1.21 bits per heavy atom. The van der Waals surface area contributed by atoms with Crippen LogP contribution in [0.25, 0.3) is 0 Å². The van der Waals surface area contributed by atoms with Gasteiger partial charge in [-0.15, -0.1) is 0 Å². The number of ether oxygens (including phenoxy) is 1. The van der Waals surface area contributed by atoms with Crippen LogP contribution in [0.5, 0.6) is 5.75 Å². The van der Waals surface area contributed by atoms with E-state index in [2.05, 4.69) is 4.98 Å². The summed E-state index contributed by atoms with van der Waals surface area (Å²) in [6, 6.07) is 8.48. The summed E-state index contributed by atoms with van der Waals surface area (Å²) in [7, 11) is 0. The topological polar surface area (TPSA) is 59.4 Å². The maximum Gasteiger partial charge on any atom is 0.389 e. The van der Waals surface area contributed by atoms with Gasteiger partial charge in [-0.3, -0.25) is 0 Å². The molecule has 0 saturated carbocycles. The van der Waals surface area contributed by atoms with Crippen molar-refractivity contribution in [3.8, 4) is 5.75 Å². The maximum atomic E-state index is 12.5. The number of carboxylic acid groups (broad SMARTS) is 1. The lowest BCUT2D eigenvalue weighted by Gasteiger charge is -2.20. The van der Waals surface area contributed by atoms with Gasteiger partial charge in [-0.25, -0.2) is 9.78 Å². The van der Waals surface area contributed by atoms with Gasteiger partial charge in [0.05, 0.1) is 11.8 Å². The van der Waals surface area contributed by atoms with Crippen LogP contribution in [-0.2, 0) is 0 Å². The predicted octanol–water partition coefficient (Wildman–Crippen LogP) is 4.90. The molecular formula is C16H13ClF3NO3. The Kier molecular flexibility index (Phi) is 5.66. The van der Waals surface area contributed by atoms with Crippen LogP contribution in [0, 0.1) is 0 Å². The highest BCUT2D eigenvalue weighted by atomic mass is 35.5. The Balaban J connectivity index is 2.20. The fourth-order valence-corrected chi connectivity index (χ4v) is 2.14. The Hall–Kier alpha value is -2.28. The van der Waals surface area contributed by atoms with Crippen molar-refractivity contribution in [2.45, 2.75) is 25.1 Å². The zero-order chi connectivity index (χ0) is 17.7. The van der Waals surface area contributed by atoms with Crippen LogP contribution >= 0.6 is 11.6 Å². The molecule has 0 saturated heterocycles. The van der Waals surface area contributed by atoms with Crippen molar-refractivity contribution in [1.82, 2.24) is 4.98 Å². The molecule has 1 atom stereocenters. The number of aromatic carboxylic acids is 1. The number of nitrogens with zero attached hydrogens (tertiary/aromatic N) is 1. The number of hydrogen-bond acceptors (Lipinski definition) is 3. The molecule has 1 heterocycles. The third-order valence-electron chi connectivity index (χ3n) is 3.20. The van der Waals surface area contributed by atoms with Crippen molar-refractivity contribution >= 4 is 17.6 Å². The van der Waals surface area contributed by atoms with Crippen molar-refractivity contribution in [3.05, 3.63) is 58.9 Å². The molecule has 1 aromatic heterocycles. The summed E-state index contributed by atoms with van der Waals surface area (Å²) in [6.45, 7) is 0. The second-order valence-electron chi connectivity index (χ2n) is 5.00. The van der Waals surface area contributed by atoms with E-state index in [1.165, 1.54) is 42.6 Å². The molecule has 2 rings (SSSR count). The Morgan fingerprint density at radius 2 is 1.88 bits per heavy atom. The van der Waals surface area contributed by atoms with Gasteiger partial charge in [0.25, 0.3) is 0 Å². The largest absolute Gasteiger partial charge is 0.484 e. The zero-order valence-electron chi connectivity index (χ0n) is 12.3. The van der Waals surface area contributed by atoms with E-state index in [9.17, 15) is 18.0 Å². The SMILES string of the molecule is O=C(O)c1ccc(C(CCC(F)(F)F)Oc2ccc(Cl)nc2)cc1. The van der Waals surface area contributed by atoms with Gasteiger partial charge >= 0.3 is 12.1 Å². The monoisotopic (exact) mass is 359 g/mol. The van der Waals surface area contributed by atoms with Crippen molar-refractivity contribution < 1.29 is 27.8 Å². The molecule has 0 spiro atoms. The minimum atomic E-state index is -4.32. The van der Waals surface area contributed by atoms with E-state index in [0.717, 1.165) is 0 Å². The van der Waals surface area contributed by atoms with Crippen LogP contribution in [0.1, 0.15) is 34.9 Å². The van der Waals surface area contributed by atoms with Crippen LogP contribution in [-0.4, -0.2) is 22.2 Å². The highest BCUT2D eigenvalue weighted by Gasteiger charge is 2.29. The van der Waals surface area contributed by atoms with Crippen molar-refractivity contribution in [2.24, 2.45) is 0 Å². The van der Waals surface area contributed by atoms with Gasteiger partial charge in [-0.05, 0) is 36.2 Å². The molecule has 8 heteroatoms. The molecular weight excluding hydrogens is 347 g/mol. The normalized spacial score (nSPS) is 12.7. The summed E-state index contributed by atoms with van der Waals surface area (Å²) in [5, 5.41) is 9.12. The number of carboxylic acids is 1. The average Bonchev–Trinajstić information content (AvgIpc) is 2.52. The van der Waals surface area contributed by atoms with Crippen LogP contribution in [0.15, 0.2) is 42.6 Å². The molecule has 0 amide bonds. The average molecular weight is 360 g/mol. The van der Waals surface area contributed by atoms with Crippen LogP contribution in [0.3, 0.4) is 0 Å². The van der Waals surface area contributed by atoms with E-state index in [0.29, 0.717) is 5.56 Å². The van der Waals surface area contributed by atoms with Crippen molar-refractivity contribution in [1.29, 1.82) is 0 Å². The molecule has 0 fully saturated rings. The molecule has 0 bridgehead atoms. The molecule has 1 aromatic carbocycles. The van der Waals surface area contributed by atoms with E-state index in [1.54, 1.807) is 0 Å². The molecule has 0 aliphatic rings. The summed E-state index contributed by atoms with van der Waals surface area (Å²) in [4.78, 5) is 14.7. The van der Waals surface area contributed by atoms with E-state index in [1.807, 2.05) is 0 Å². The molecule has 0 aliphatic carbocycles. The number of halogens is 4. The van der Waals surface area contributed by atoms with Crippen LogP contribution in [0.4, 0.5) is 13.2 Å². The fourth-order valence-electron chi connectivity index (χ4n) is 2.02. The van der Waals surface area contributed by atoms with Gasteiger partial charge in [-0.2, -0.15) is 13.2 Å². The lowest BCUT2D eigenvalue weighted by Crippen LogP contribution is -2.14. The Morgan fingerprint density at radius 3 is 2.38 bits per heavy atom. The van der Waals surface area contributed by atoms with Gasteiger partial charge in [0, 0.05) is 6.42 Å². The number of hydrogen-bond donors (Lipinski definition) is 1. The van der Waals surface area contributed by atoms with Crippen molar-refractivity contribution in [2.75, 3.05) is 0 Å². The third-order valence-corrected chi connectivity index (χ3v) is 3.42. The minimum absolute atomic E-state index is 0.0430. The van der Waals surface area contributed by atoms with E-state index < -0.39 is 24.7 Å². The quantitative estimate of drug-likeness (QED) is 0.745. The van der Waals surface area contributed by atoms with E-state index >= 15 is 0 Å². The number of benzene rings is 1. The summed E-state index contributed by atoms with van der Waals surface area (Å²) < 4.78 is 43.2. The van der Waals surface area contributed by atoms with Crippen molar-refractivity contribution in [3.63, 3.8) is 0 Å². The van der Waals surface area contributed by atoms with Crippen LogP contribution in [0.2, 0.25) is 5.15 Å². The van der Waals surface area contributed by atoms with Crippen LogP contribution < -0.4 is 4.74 Å². The highest BCUT2D eigenvalue weighted by Crippen LogP contribution is 2.31. The first-order valence-electron chi connectivity index (χ1n) is 6.93. The molecule has 4 nitrogen and oxygen atoms in total. The summed E-state index contributed by atoms with van der Waals surface area (Å²) in [5.41, 5.74) is 0.487. The molecule has 1 N–H and O–H groups in total. The van der Waals surface area contributed by atoms with E-state index in [-0.39, 0.29) is 22.9 Å². The Bertz CT molecular complexity index is 687. The smallest absolute Gasteiger partial charge is 0.389 e. The van der Waals surface area contributed by atoms with Gasteiger partial charge in [-0.1, -0.05) is 23.7 Å². The van der Waals surface area contributed by atoms with E-state index in [4.69, 9.17) is 21.4 Å². The number of rotatable bonds is 6. The summed E-state index contributed by atoms with van der Waals surface area (Å²) in [5.74, 6) is -0.843. The number of carbonyl (C=O) groups is 1. The highest BCUT2D eigenvalue weighted by molar-refractivity contribution is 6.29. The fraction of sp³-hybridized carbons (Fsp3) is 0.250. The van der Waals surface area contributed by atoms with Gasteiger partial charge in [0.15, 0.2) is 0 Å². The molecule has 128 valence electrons. The number of aromatic nitrogens is 1. The van der Waals surface area contributed by atoms with Gasteiger partial charge in [0.1, 0.15) is 17.0 Å². The van der Waals surface area contributed by atoms with Gasteiger partial charge < -0.3 is 9.84 Å².